The monoisotopic (exact) mass is 388 g/mol. The van der Waals surface area contributed by atoms with Crippen LogP contribution in [0.15, 0.2) is 64.9 Å². The second-order valence-corrected chi connectivity index (χ2v) is 8.32. The van der Waals surface area contributed by atoms with Crippen LogP contribution in [0.5, 0.6) is 0 Å². The third-order valence-electron chi connectivity index (χ3n) is 3.43. The molecule has 0 aliphatic heterocycles. The summed E-state index contributed by atoms with van der Waals surface area (Å²) in [5.74, 6) is -0.698. The first kappa shape index (κ1) is 18.1. The molecule has 6 nitrogen and oxygen atoms in total. The smallest absolute Gasteiger partial charge is 0.339 e. The van der Waals surface area contributed by atoms with Gasteiger partial charge >= 0.3 is 5.97 Å². The number of nitrogens with one attached hydrogen (secondary N) is 1. The molecule has 3 rings (SSSR count). The summed E-state index contributed by atoms with van der Waals surface area (Å²) < 4.78 is 28.8. The van der Waals surface area contributed by atoms with Crippen LogP contribution in [0.1, 0.15) is 16.1 Å². The predicted octanol–water partition coefficient (Wildman–Crippen LogP) is 3.65. The Hall–Kier alpha value is -2.71. The normalized spacial score (nSPS) is 11.1. The number of para-hydroxylation sites is 1. The third kappa shape index (κ3) is 4.47. The molecule has 3 aromatic rings. The number of benzene rings is 2. The summed E-state index contributed by atoms with van der Waals surface area (Å²) in [6.07, 6.45) is 1.06. The van der Waals surface area contributed by atoms with Gasteiger partial charge in [0, 0.05) is 17.3 Å². The van der Waals surface area contributed by atoms with Crippen LogP contribution < -0.4 is 5.32 Å². The number of hydrogen-bond donors (Lipinski definition) is 1. The van der Waals surface area contributed by atoms with Gasteiger partial charge in [0.15, 0.2) is 15.0 Å². The maximum absolute atomic E-state index is 12.3. The summed E-state index contributed by atoms with van der Waals surface area (Å²) in [7, 11) is -3.52. The summed E-state index contributed by atoms with van der Waals surface area (Å²) >= 11 is 1.39. The first-order valence-corrected chi connectivity index (χ1v) is 10.4. The highest BCUT2D eigenvalue weighted by Gasteiger charge is 2.19. The number of esters is 1. The van der Waals surface area contributed by atoms with Crippen molar-refractivity contribution in [3.63, 3.8) is 0 Å². The highest BCUT2D eigenvalue weighted by molar-refractivity contribution is 7.90. The number of anilines is 2. The predicted molar refractivity (Wildman–Crippen MR) is 101 cm³/mol. The van der Waals surface area contributed by atoms with E-state index in [0.29, 0.717) is 10.8 Å². The van der Waals surface area contributed by atoms with Gasteiger partial charge < -0.3 is 10.1 Å². The number of carbonyl (C=O) groups excluding carboxylic acids is 1. The van der Waals surface area contributed by atoms with E-state index in [9.17, 15) is 13.2 Å². The topological polar surface area (TPSA) is 85.4 Å². The molecule has 8 heteroatoms. The summed E-state index contributed by atoms with van der Waals surface area (Å²) in [6.45, 7) is -0.0378. The summed E-state index contributed by atoms with van der Waals surface area (Å²) in [6, 6.07) is 15.6. The molecule has 0 unspecified atom stereocenters. The highest BCUT2D eigenvalue weighted by atomic mass is 32.2. The van der Waals surface area contributed by atoms with E-state index >= 15 is 0 Å². The molecule has 134 valence electrons. The first-order chi connectivity index (χ1) is 12.4. The Balaban J connectivity index is 1.66. The Labute approximate surface area is 155 Å². The zero-order valence-electron chi connectivity index (χ0n) is 13.9. The van der Waals surface area contributed by atoms with Crippen LogP contribution in [0.25, 0.3) is 0 Å². The molecule has 2 aromatic carbocycles. The van der Waals surface area contributed by atoms with E-state index in [4.69, 9.17) is 4.74 Å². The molecule has 0 radical (unpaired) electrons. The van der Waals surface area contributed by atoms with Gasteiger partial charge in [0.05, 0.1) is 16.2 Å². The average molecular weight is 388 g/mol. The fraction of sp³-hybridized carbons (Fsp3) is 0.111. The molecule has 0 bridgehead atoms. The van der Waals surface area contributed by atoms with Gasteiger partial charge in [0.25, 0.3) is 0 Å². The third-order valence-corrected chi connectivity index (χ3v) is 5.40. The van der Waals surface area contributed by atoms with Crippen molar-refractivity contribution in [2.24, 2.45) is 0 Å². The molecule has 0 atom stereocenters. The van der Waals surface area contributed by atoms with Gasteiger partial charge in [-0.05, 0) is 24.3 Å². The minimum atomic E-state index is -3.52. The van der Waals surface area contributed by atoms with Crippen molar-refractivity contribution < 1.29 is 17.9 Å². The van der Waals surface area contributed by atoms with E-state index in [1.807, 2.05) is 30.3 Å². The van der Waals surface area contributed by atoms with E-state index in [0.717, 1.165) is 11.9 Å². The zero-order valence-corrected chi connectivity index (χ0v) is 15.5. The van der Waals surface area contributed by atoms with E-state index in [2.05, 4.69) is 10.3 Å². The average Bonchev–Trinajstić information content (AvgIpc) is 3.07. The van der Waals surface area contributed by atoms with E-state index in [1.165, 1.54) is 23.5 Å². The Morgan fingerprint density at radius 1 is 1.12 bits per heavy atom. The summed E-state index contributed by atoms with van der Waals surface area (Å²) in [4.78, 5) is 16.6. The lowest BCUT2D eigenvalue weighted by atomic mass is 10.2. The molecule has 0 aliphatic carbocycles. The molecule has 0 saturated carbocycles. The number of nitrogens with zero attached hydrogens (tertiary/aromatic N) is 1. The largest absolute Gasteiger partial charge is 0.456 e. The van der Waals surface area contributed by atoms with Crippen LogP contribution in [0.2, 0.25) is 0 Å². The van der Waals surface area contributed by atoms with Crippen molar-refractivity contribution >= 4 is 38.0 Å². The number of sulfone groups is 1. The van der Waals surface area contributed by atoms with Gasteiger partial charge in [-0.25, -0.2) is 18.2 Å². The lowest BCUT2D eigenvalue weighted by Crippen LogP contribution is -2.11. The van der Waals surface area contributed by atoms with E-state index < -0.39 is 15.8 Å². The fourth-order valence-corrected chi connectivity index (χ4v) is 3.84. The number of ether oxygens (including phenoxy) is 1. The Morgan fingerprint density at radius 3 is 2.54 bits per heavy atom. The fourth-order valence-electron chi connectivity index (χ4n) is 2.25. The van der Waals surface area contributed by atoms with E-state index in [-0.39, 0.29) is 17.1 Å². The number of hydrogen-bond acceptors (Lipinski definition) is 7. The quantitative estimate of drug-likeness (QED) is 0.649. The van der Waals surface area contributed by atoms with Crippen LogP contribution in [0, 0.1) is 0 Å². The van der Waals surface area contributed by atoms with Gasteiger partial charge in [-0.2, -0.15) is 0 Å². The minimum absolute atomic E-state index is 0.0212. The second kappa shape index (κ2) is 7.67. The molecule has 0 fully saturated rings. The van der Waals surface area contributed by atoms with Crippen LogP contribution in [-0.4, -0.2) is 25.6 Å². The lowest BCUT2D eigenvalue weighted by molar-refractivity contribution is 0.0464. The molecule has 1 N–H and O–H groups in total. The number of rotatable bonds is 6. The first-order valence-electron chi connectivity index (χ1n) is 7.66. The maximum Gasteiger partial charge on any atom is 0.339 e. The van der Waals surface area contributed by atoms with Crippen LogP contribution in [0.3, 0.4) is 0 Å². The maximum atomic E-state index is 12.3. The molecule has 0 spiro atoms. The molecule has 26 heavy (non-hydrogen) atoms. The van der Waals surface area contributed by atoms with Gasteiger partial charge in [-0.1, -0.05) is 30.3 Å². The Kier molecular flexibility index (Phi) is 5.34. The second-order valence-electron chi connectivity index (χ2n) is 5.48. The summed E-state index contributed by atoms with van der Waals surface area (Å²) in [5, 5.41) is 5.62. The molecule has 1 heterocycles. The highest BCUT2D eigenvalue weighted by Crippen LogP contribution is 2.22. The van der Waals surface area contributed by atoms with Gasteiger partial charge in [0.2, 0.25) is 0 Å². The van der Waals surface area contributed by atoms with Crippen molar-refractivity contribution in [3.8, 4) is 0 Å². The molecular weight excluding hydrogens is 372 g/mol. The number of aromatic nitrogens is 1. The molecule has 0 saturated heterocycles. The number of thiazole rings is 1. The van der Waals surface area contributed by atoms with Crippen LogP contribution in [-0.2, 0) is 21.2 Å². The SMILES string of the molecule is CS(=O)(=O)c1ccccc1C(=O)OCc1csc(Nc2ccccc2)n1. The van der Waals surface area contributed by atoms with Gasteiger partial charge in [-0.3, -0.25) is 0 Å². The van der Waals surface area contributed by atoms with Crippen molar-refractivity contribution in [1.29, 1.82) is 0 Å². The van der Waals surface area contributed by atoms with Crippen LogP contribution >= 0.6 is 11.3 Å². The van der Waals surface area contributed by atoms with Crippen molar-refractivity contribution in [3.05, 3.63) is 71.2 Å². The van der Waals surface area contributed by atoms with Crippen molar-refractivity contribution in [2.75, 3.05) is 11.6 Å². The van der Waals surface area contributed by atoms with Crippen molar-refractivity contribution in [1.82, 2.24) is 4.98 Å². The molecule has 0 amide bonds. The Morgan fingerprint density at radius 2 is 1.81 bits per heavy atom. The molecule has 0 aliphatic rings. The van der Waals surface area contributed by atoms with E-state index in [1.54, 1.807) is 17.5 Å². The molecule has 1 aromatic heterocycles. The van der Waals surface area contributed by atoms with Crippen molar-refractivity contribution in [2.45, 2.75) is 11.5 Å². The van der Waals surface area contributed by atoms with Gasteiger partial charge in [0.1, 0.15) is 6.61 Å². The van der Waals surface area contributed by atoms with Crippen LogP contribution in [0.4, 0.5) is 10.8 Å². The minimum Gasteiger partial charge on any atom is -0.456 e. The van der Waals surface area contributed by atoms with Gasteiger partial charge in [-0.15, -0.1) is 11.3 Å². The standard InChI is InChI=1S/C18H16N2O4S2/c1-26(22,23)16-10-6-5-9-15(16)17(21)24-11-14-12-25-18(20-14)19-13-7-3-2-4-8-13/h2-10,12H,11H2,1H3,(H,19,20). The number of carbonyl (C=O) groups is 1. The lowest BCUT2D eigenvalue weighted by Gasteiger charge is -2.07. The zero-order chi connectivity index (χ0) is 18.6. The summed E-state index contributed by atoms with van der Waals surface area (Å²) in [5.41, 5.74) is 1.51. The molecular formula is C18H16N2O4S2. The Bertz CT molecular complexity index is 1010.